The Labute approximate surface area is 106 Å². The summed E-state index contributed by atoms with van der Waals surface area (Å²) in [6, 6.07) is 0. The van der Waals surface area contributed by atoms with E-state index >= 15 is 0 Å². The summed E-state index contributed by atoms with van der Waals surface area (Å²) in [7, 11) is 1.85. The molecule has 0 bridgehead atoms. The summed E-state index contributed by atoms with van der Waals surface area (Å²) in [5.41, 5.74) is 2.06. The second-order valence-electron chi connectivity index (χ2n) is 3.41. The summed E-state index contributed by atoms with van der Waals surface area (Å²) in [6.45, 7) is 3.65. The van der Waals surface area contributed by atoms with Crippen LogP contribution < -0.4 is 5.32 Å². The van der Waals surface area contributed by atoms with Crippen molar-refractivity contribution >= 4 is 23.4 Å². The van der Waals surface area contributed by atoms with Gasteiger partial charge in [-0.15, -0.1) is 18.2 Å². The van der Waals surface area contributed by atoms with E-state index in [9.17, 15) is 0 Å². The second kappa shape index (κ2) is 6.85. The first kappa shape index (κ1) is 13.4. The molecule has 5 heteroatoms. The van der Waals surface area contributed by atoms with Gasteiger partial charge in [0.2, 0.25) is 0 Å². The van der Waals surface area contributed by atoms with Crippen molar-refractivity contribution in [3.05, 3.63) is 16.4 Å². The van der Waals surface area contributed by atoms with E-state index in [1.807, 2.05) is 14.0 Å². The van der Waals surface area contributed by atoms with Gasteiger partial charge in [0.25, 0.3) is 0 Å². The predicted octanol–water partition coefficient (Wildman–Crippen LogP) is 1.84. The van der Waals surface area contributed by atoms with Crippen molar-refractivity contribution in [3.8, 4) is 12.3 Å². The number of terminal acetylenes is 1. The monoisotopic (exact) mass is 257 g/mol. The van der Waals surface area contributed by atoms with Crippen LogP contribution in [0.15, 0.2) is 0 Å². The van der Waals surface area contributed by atoms with Crippen molar-refractivity contribution < 1.29 is 0 Å². The SMILES string of the molecule is C#CCSCCNCc1c(C)nn(C)c1Cl. The summed E-state index contributed by atoms with van der Waals surface area (Å²) in [6.07, 6.45) is 5.16. The number of nitrogens with one attached hydrogen (secondary N) is 1. The van der Waals surface area contributed by atoms with Crippen LogP contribution in [0.5, 0.6) is 0 Å². The van der Waals surface area contributed by atoms with E-state index < -0.39 is 0 Å². The molecule has 0 atom stereocenters. The first-order valence-electron chi connectivity index (χ1n) is 5.06. The lowest BCUT2D eigenvalue weighted by atomic mass is 10.2. The zero-order chi connectivity index (χ0) is 12.0. The van der Waals surface area contributed by atoms with E-state index in [-0.39, 0.29) is 0 Å². The minimum absolute atomic E-state index is 0.710. The highest BCUT2D eigenvalue weighted by atomic mass is 35.5. The van der Waals surface area contributed by atoms with Crippen LogP contribution in [0.4, 0.5) is 0 Å². The Hall–Kier alpha value is -0.630. The predicted molar refractivity (Wildman–Crippen MR) is 70.8 cm³/mol. The molecule has 0 saturated carbocycles. The minimum atomic E-state index is 0.710. The number of halogens is 1. The molecule has 1 aromatic heterocycles. The molecule has 0 aromatic carbocycles. The van der Waals surface area contributed by atoms with Gasteiger partial charge in [-0.25, -0.2) is 0 Å². The van der Waals surface area contributed by atoms with Crippen molar-refractivity contribution in [3.63, 3.8) is 0 Å². The summed E-state index contributed by atoms with van der Waals surface area (Å²) in [4.78, 5) is 0. The summed E-state index contributed by atoms with van der Waals surface area (Å²) in [5.74, 6) is 4.39. The summed E-state index contributed by atoms with van der Waals surface area (Å²) >= 11 is 7.85. The average Bonchev–Trinajstić information content (AvgIpc) is 2.49. The number of aromatic nitrogens is 2. The third kappa shape index (κ3) is 3.75. The van der Waals surface area contributed by atoms with E-state index in [1.54, 1.807) is 16.4 Å². The molecule has 16 heavy (non-hydrogen) atoms. The van der Waals surface area contributed by atoms with Gasteiger partial charge in [-0.05, 0) is 6.92 Å². The lowest BCUT2D eigenvalue weighted by Gasteiger charge is -2.03. The van der Waals surface area contributed by atoms with Crippen molar-refractivity contribution in [1.82, 2.24) is 15.1 Å². The van der Waals surface area contributed by atoms with Crippen molar-refractivity contribution in [2.75, 3.05) is 18.1 Å². The lowest BCUT2D eigenvalue weighted by Crippen LogP contribution is -2.17. The van der Waals surface area contributed by atoms with E-state index in [0.29, 0.717) is 5.15 Å². The van der Waals surface area contributed by atoms with Crippen LogP contribution >= 0.6 is 23.4 Å². The average molecular weight is 258 g/mol. The topological polar surface area (TPSA) is 29.9 Å². The molecule has 0 saturated heterocycles. The van der Waals surface area contributed by atoms with Crippen LogP contribution in [0.1, 0.15) is 11.3 Å². The molecule has 1 N–H and O–H groups in total. The van der Waals surface area contributed by atoms with Gasteiger partial charge in [0.1, 0.15) is 5.15 Å². The molecule has 1 heterocycles. The molecule has 0 aliphatic carbocycles. The fourth-order valence-corrected chi connectivity index (χ4v) is 2.16. The molecule has 0 unspecified atom stereocenters. The molecular formula is C11H16ClN3S. The maximum absolute atomic E-state index is 6.11. The molecule has 1 aromatic rings. The number of rotatable bonds is 6. The summed E-state index contributed by atoms with van der Waals surface area (Å²) < 4.78 is 1.70. The van der Waals surface area contributed by atoms with E-state index in [1.165, 1.54) is 0 Å². The fraction of sp³-hybridized carbons (Fsp3) is 0.545. The highest BCUT2D eigenvalue weighted by Gasteiger charge is 2.09. The maximum atomic E-state index is 6.11. The van der Waals surface area contributed by atoms with Crippen LogP contribution in [-0.2, 0) is 13.6 Å². The fourth-order valence-electron chi connectivity index (χ4n) is 1.36. The molecule has 0 aliphatic heterocycles. The Morgan fingerprint density at radius 3 is 2.94 bits per heavy atom. The Kier molecular flexibility index (Phi) is 5.75. The number of hydrogen-bond acceptors (Lipinski definition) is 3. The van der Waals surface area contributed by atoms with Gasteiger partial charge in [0.15, 0.2) is 0 Å². The molecular weight excluding hydrogens is 242 g/mol. The Balaban J connectivity index is 2.30. The molecule has 0 aliphatic rings. The number of aryl methyl sites for hydroxylation is 2. The van der Waals surface area contributed by atoms with Gasteiger partial charge in [-0.1, -0.05) is 17.5 Å². The molecule has 0 radical (unpaired) electrons. The molecule has 3 nitrogen and oxygen atoms in total. The van der Waals surface area contributed by atoms with Gasteiger partial charge in [-0.3, -0.25) is 4.68 Å². The number of hydrogen-bond donors (Lipinski definition) is 1. The number of thioether (sulfide) groups is 1. The van der Waals surface area contributed by atoms with Gasteiger partial charge in [-0.2, -0.15) is 5.10 Å². The quantitative estimate of drug-likeness (QED) is 0.623. The lowest BCUT2D eigenvalue weighted by molar-refractivity contribution is 0.728. The van der Waals surface area contributed by atoms with Gasteiger partial charge >= 0.3 is 0 Å². The Bertz CT molecular complexity index is 381. The van der Waals surface area contributed by atoms with Crippen molar-refractivity contribution in [2.45, 2.75) is 13.5 Å². The molecule has 1 rings (SSSR count). The smallest absolute Gasteiger partial charge is 0.131 e. The maximum Gasteiger partial charge on any atom is 0.131 e. The van der Waals surface area contributed by atoms with Crippen LogP contribution in [0.2, 0.25) is 5.15 Å². The third-order valence-corrected chi connectivity index (χ3v) is 3.52. The highest BCUT2D eigenvalue weighted by molar-refractivity contribution is 7.99. The molecule has 0 fully saturated rings. The van der Waals surface area contributed by atoms with E-state index in [0.717, 1.165) is 35.9 Å². The van der Waals surface area contributed by atoms with Crippen LogP contribution in [0.3, 0.4) is 0 Å². The molecule has 0 spiro atoms. The van der Waals surface area contributed by atoms with Crippen LogP contribution in [0.25, 0.3) is 0 Å². The summed E-state index contributed by atoms with van der Waals surface area (Å²) in [5, 5.41) is 8.29. The van der Waals surface area contributed by atoms with Crippen LogP contribution in [0, 0.1) is 19.3 Å². The van der Waals surface area contributed by atoms with E-state index in [2.05, 4.69) is 16.3 Å². The Morgan fingerprint density at radius 1 is 1.62 bits per heavy atom. The van der Waals surface area contributed by atoms with Gasteiger partial charge in [0, 0.05) is 31.5 Å². The van der Waals surface area contributed by atoms with Crippen molar-refractivity contribution in [2.24, 2.45) is 7.05 Å². The molecule has 0 amide bonds. The minimum Gasteiger partial charge on any atom is -0.312 e. The zero-order valence-electron chi connectivity index (χ0n) is 9.59. The highest BCUT2D eigenvalue weighted by Crippen LogP contribution is 2.17. The van der Waals surface area contributed by atoms with E-state index in [4.69, 9.17) is 18.0 Å². The zero-order valence-corrected chi connectivity index (χ0v) is 11.2. The molecule has 88 valence electrons. The van der Waals surface area contributed by atoms with Crippen molar-refractivity contribution in [1.29, 1.82) is 0 Å². The normalized spacial score (nSPS) is 10.4. The Morgan fingerprint density at radius 2 is 2.38 bits per heavy atom. The standard InChI is InChI=1S/C11H16ClN3S/c1-4-6-16-7-5-13-8-10-9(2)14-15(3)11(10)12/h1,13H,5-8H2,2-3H3. The third-order valence-electron chi connectivity index (χ3n) is 2.18. The first-order valence-corrected chi connectivity index (χ1v) is 6.60. The van der Waals surface area contributed by atoms with Gasteiger partial charge < -0.3 is 5.32 Å². The van der Waals surface area contributed by atoms with Crippen LogP contribution in [-0.4, -0.2) is 27.8 Å². The number of nitrogens with zero attached hydrogens (tertiary/aromatic N) is 2. The first-order chi connectivity index (χ1) is 7.66. The van der Waals surface area contributed by atoms with Gasteiger partial charge in [0.05, 0.1) is 11.4 Å². The second-order valence-corrected chi connectivity index (χ2v) is 4.88. The largest absolute Gasteiger partial charge is 0.312 e.